The van der Waals surface area contributed by atoms with Gasteiger partial charge in [-0.1, -0.05) is 0 Å². The lowest BCUT2D eigenvalue weighted by Crippen LogP contribution is -2.29. The molecule has 1 fully saturated rings. The molecule has 1 unspecified atom stereocenters. The first kappa shape index (κ1) is 10.9. The number of nitrogens with zero attached hydrogens (tertiary/aromatic N) is 1. The third kappa shape index (κ3) is 2.61. The van der Waals surface area contributed by atoms with Crippen molar-refractivity contribution in [2.45, 2.75) is 30.3 Å². The molecule has 0 aromatic heterocycles. The largest absolute Gasteiger partial charge is 0.395 e. The second-order valence-electron chi connectivity index (χ2n) is 4.07. The van der Waals surface area contributed by atoms with E-state index in [0.717, 1.165) is 13.0 Å². The molecule has 0 bridgehead atoms. The van der Waals surface area contributed by atoms with Gasteiger partial charge >= 0.3 is 0 Å². The lowest BCUT2D eigenvalue weighted by Gasteiger charge is -2.23. The molecule has 13 heavy (non-hydrogen) atoms. The number of hydrogen-bond donors (Lipinski definition) is 1. The summed E-state index contributed by atoms with van der Waals surface area (Å²) < 4.78 is -0.203. The van der Waals surface area contributed by atoms with Crippen molar-refractivity contribution in [2.24, 2.45) is 0 Å². The number of aliphatic hydroxyl groups is 1. The number of amides is 1. The average Bonchev–Trinajstić information content (AvgIpc) is 2.36. The van der Waals surface area contributed by atoms with Crippen molar-refractivity contribution in [2.75, 3.05) is 20.2 Å². The first-order valence-corrected chi connectivity index (χ1v) is 5.38. The van der Waals surface area contributed by atoms with Gasteiger partial charge in [-0.2, -0.15) is 0 Å². The van der Waals surface area contributed by atoms with Crippen LogP contribution in [-0.2, 0) is 4.79 Å². The Morgan fingerprint density at radius 3 is 2.69 bits per heavy atom. The van der Waals surface area contributed by atoms with E-state index in [0.29, 0.717) is 0 Å². The zero-order valence-electron chi connectivity index (χ0n) is 8.41. The van der Waals surface area contributed by atoms with Crippen molar-refractivity contribution < 1.29 is 9.90 Å². The van der Waals surface area contributed by atoms with Crippen LogP contribution >= 0.6 is 11.8 Å². The first-order chi connectivity index (χ1) is 5.96. The van der Waals surface area contributed by atoms with Crippen molar-refractivity contribution in [3.05, 3.63) is 0 Å². The molecule has 0 spiro atoms. The van der Waals surface area contributed by atoms with Crippen LogP contribution in [0.15, 0.2) is 0 Å². The molecule has 0 aliphatic carbocycles. The fourth-order valence-corrected chi connectivity index (χ4v) is 2.67. The molecule has 0 aromatic rings. The summed E-state index contributed by atoms with van der Waals surface area (Å²) in [7, 11) is 1.83. The van der Waals surface area contributed by atoms with Gasteiger partial charge in [0.1, 0.15) is 0 Å². The van der Waals surface area contributed by atoms with Gasteiger partial charge < -0.3 is 10.0 Å². The molecule has 76 valence electrons. The molecule has 1 heterocycles. The van der Waals surface area contributed by atoms with E-state index in [9.17, 15) is 4.79 Å². The smallest absolute Gasteiger partial charge is 0.235 e. The summed E-state index contributed by atoms with van der Waals surface area (Å²) in [5.74, 6) is 0.200. The Kier molecular flexibility index (Phi) is 3.24. The summed E-state index contributed by atoms with van der Waals surface area (Å²) in [6.07, 6.45) is 0.906. The van der Waals surface area contributed by atoms with Crippen LogP contribution in [0, 0.1) is 0 Å². The van der Waals surface area contributed by atoms with Crippen LogP contribution in [0.5, 0.6) is 0 Å². The number of hydrogen-bond acceptors (Lipinski definition) is 3. The molecule has 1 N–H and O–H groups in total. The maximum atomic E-state index is 11.5. The summed E-state index contributed by atoms with van der Waals surface area (Å²) in [6.45, 7) is 4.88. The molecule has 0 radical (unpaired) electrons. The van der Waals surface area contributed by atoms with Gasteiger partial charge in [-0.05, 0) is 20.3 Å². The Hall–Kier alpha value is -0.220. The van der Waals surface area contributed by atoms with E-state index in [2.05, 4.69) is 0 Å². The molecule has 3 nitrogen and oxygen atoms in total. The fraction of sp³-hybridized carbons (Fsp3) is 0.889. The van der Waals surface area contributed by atoms with Gasteiger partial charge in [0.25, 0.3) is 0 Å². The van der Waals surface area contributed by atoms with Crippen LogP contribution in [-0.4, -0.2) is 46.1 Å². The van der Waals surface area contributed by atoms with Gasteiger partial charge in [0, 0.05) is 18.3 Å². The Labute approximate surface area is 83.5 Å². The highest BCUT2D eigenvalue weighted by molar-refractivity contribution is 8.01. The standard InChI is InChI=1S/C9H17NO2S/c1-9(2,6-11)13-7-4-5-10(3)8(7)12/h7,11H,4-6H2,1-3H3. The minimum atomic E-state index is -0.203. The fourth-order valence-electron chi connectivity index (χ4n) is 1.32. The van der Waals surface area contributed by atoms with Crippen molar-refractivity contribution in [1.29, 1.82) is 0 Å². The van der Waals surface area contributed by atoms with E-state index in [-0.39, 0.29) is 22.5 Å². The van der Waals surface area contributed by atoms with Crippen LogP contribution in [0.25, 0.3) is 0 Å². The SMILES string of the molecule is CN1CCC(SC(C)(C)CO)C1=O. The maximum absolute atomic E-state index is 11.5. The highest BCUT2D eigenvalue weighted by atomic mass is 32.2. The van der Waals surface area contributed by atoms with Gasteiger partial charge in [0.2, 0.25) is 5.91 Å². The number of aliphatic hydroxyl groups excluding tert-OH is 1. The van der Waals surface area contributed by atoms with E-state index in [1.54, 1.807) is 16.7 Å². The lowest BCUT2D eigenvalue weighted by molar-refractivity contribution is -0.126. The molecule has 1 atom stereocenters. The third-order valence-corrected chi connectivity index (χ3v) is 3.71. The summed E-state index contributed by atoms with van der Waals surface area (Å²) >= 11 is 1.58. The Morgan fingerprint density at radius 1 is 1.69 bits per heavy atom. The molecule has 0 aromatic carbocycles. The molecule has 1 amide bonds. The lowest BCUT2D eigenvalue weighted by atomic mass is 10.2. The Bertz CT molecular complexity index is 206. The number of carbonyl (C=O) groups is 1. The molecule has 1 aliphatic heterocycles. The van der Waals surface area contributed by atoms with Crippen molar-refractivity contribution in [3.63, 3.8) is 0 Å². The summed E-state index contributed by atoms with van der Waals surface area (Å²) in [5, 5.41) is 9.11. The normalized spacial score (nSPS) is 24.2. The summed E-state index contributed by atoms with van der Waals surface area (Å²) in [4.78, 5) is 13.3. The van der Waals surface area contributed by atoms with Gasteiger partial charge in [-0.25, -0.2) is 0 Å². The van der Waals surface area contributed by atoms with E-state index in [1.165, 1.54) is 0 Å². The monoisotopic (exact) mass is 203 g/mol. The van der Waals surface area contributed by atoms with Crippen LogP contribution in [0.4, 0.5) is 0 Å². The minimum absolute atomic E-state index is 0.0483. The van der Waals surface area contributed by atoms with E-state index in [4.69, 9.17) is 5.11 Å². The second-order valence-corrected chi connectivity index (χ2v) is 5.98. The molecule has 0 saturated carbocycles. The highest BCUT2D eigenvalue weighted by Crippen LogP contribution is 2.33. The third-order valence-electron chi connectivity index (χ3n) is 2.22. The van der Waals surface area contributed by atoms with Crippen molar-refractivity contribution in [1.82, 2.24) is 4.90 Å². The molecular formula is C9H17NO2S. The van der Waals surface area contributed by atoms with E-state index in [1.807, 2.05) is 20.9 Å². The van der Waals surface area contributed by atoms with Crippen LogP contribution in [0.1, 0.15) is 20.3 Å². The Morgan fingerprint density at radius 2 is 2.31 bits per heavy atom. The van der Waals surface area contributed by atoms with E-state index < -0.39 is 0 Å². The molecule has 1 saturated heterocycles. The zero-order chi connectivity index (χ0) is 10.1. The number of likely N-dealkylation sites (tertiary alicyclic amines) is 1. The molecule has 1 rings (SSSR count). The number of rotatable bonds is 3. The van der Waals surface area contributed by atoms with Crippen molar-refractivity contribution in [3.8, 4) is 0 Å². The van der Waals surface area contributed by atoms with Gasteiger partial charge in [0.15, 0.2) is 0 Å². The van der Waals surface area contributed by atoms with Crippen molar-refractivity contribution >= 4 is 17.7 Å². The predicted molar refractivity (Wildman–Crippen MR) is 54.8 cm³/mol. The van der Waals surface area contributed by atoms with Crippen LogP contribution in [0.3, 0.4) is 0 Å². The van der Waals surface area contributed by atoms with Gasteiger partial charge in [-0.15, -0.1) is 11.8 Å². The molecular weight excluding hydrogens is 186 g/mol. The predicted octanol–water partition coefficient (Wildman–Crippen LogP) is 0.721. The molecule has 4 heteroatoms. The van der Waals surface area contributed by atoms with Crippen LogP contribution < -0.4 is 0 Å². The summed E-state index contributed by atoms with van der Waals surface area (Å²) in [6, 6.07) is 0. The molecule has 1 aliphatic rings. The second kappa shape index (κ2) is 3.88. The van der Waals surface area contributed by atoms with Crippen LogP contribution in [0.2, 0.25) is 0 Å². The average molecular weight is 203 g/mol. The summed E-state index contributed by atoms with van der Waals surface area (Å²) in [5.41, 5.74) is 0. The zero-order valence-corrected chi connectivity index (χ0v) is 9.23. The maximum Gasteiger partial charge on any atom is 0.235 e. The highest BCUT2D eigenvalue weighted by Gasteiger charge is 2.34. The quantitative estimate of drug-likeness (QED) is 0.735. The van der Waals surface area contributed by atoms with Gasteiger partial charge in [-0.3, -0.25) is 4.79 Å². The number of carbonyl (C=O) groups excluding carboxylic acids is 1. The first-order valence-electron chi connectivity index (χ1n) is 4.50. The topological polar surface area (TPSA) is 40.5 Å². The Balaban J connectivity index is 2.51. The van der Waals surface area contributed by atoms with E-state index >= 15 is 0 Å². The minimum Gasteiger partial charge on any atom is -0.395 e. The van der Waals surface area contributed by atoms with Gasteiger partial charge in [0.05, 0.1) is 11.9 Å². The number of thioether (sulfide) groups is 1.